The van der Waals surface area contributed by atoms with Crippen LogP contribution in [0.15, 0.2) is 34.7 Å². The topological polar surface area (TPSA) is 42.2 Å². The highest BCUT2D eigenvalue weighted by molar-refractivity contribution is 5.73. The van der Waals surface area contributed by atoms with Gasteiger partial charge in [0.15, 0.2) is 12.0 Å². The van der Waals surface area contributed by atoms with Crippen LogP contribution in [0.2, 0.25) is 0 Å². The molecule has 80 valence electrons. The zero-order valence-electron chi connectivity index (χ0n) is 8.69. The fourth-order valence-corrected chi connectivity index (χ4v) is 2.02. The maximum Gasteiger partial charge on any atom is 0.185 e. The minimum Gasteiger partial charge on any atom is -0.453 e. The van der Waals surface area contributed by atoms with Gasteiger partial charge in [0.25, 0.3) is 0 Å². The van der Waals surface area contributed by atoms with Crippen LogP contribution in [0.25, 0.3) is 11.3 Å². The number of hydrogen-bond donors (Lipinski definition) is 1. The van der Waals surface area contributed by atoms with Crippen molar-refractivity contribution in [2.24, 2.45) is 0 Å². The fourth-order valence-electron chi connectivity index (χ4n) is 2.02. The van der Waals surface area contributed by atoms with E-state index in [1.165, 1.54) is 11.1 Å². The molecule has 0 radical (unpaired) electrons. The Morgan fingerprint density at radius 3 is 2.81 bits per heavy atom. The number of nitrogens with one attached hydrogen (secondary N) is 1. The lowest BCUT2D eigenvalue weighted by molar-refractivity contribution is 0.110. The Morgan fingerprint density at radius 1 is 1.12 bits per heavy atom. The zero-order valence-corrected chi connectivity index (χ0v) is 8.69. The van der Waals surface area contributed by atoms with Crippen molar-refractivity contribution in [3.8, 4) is 11.3 Å². The molecule has 1 N–H and O–H groups in total. The second-order valence-electron chi connectivity index (χ2n) is 3.91. The molecule has 1 aromatic heterocycles. The number of hydrogen-bond acceptors (Lipinski definition) is 3. The summed E-state index contributed by atoms with van der Waals surface area (Å²) in [6.07, 6.45) is 0.721. The molecule has 1 aliphatic heterocycles. The molecule has 0 unspecified atom stereocenters. The van der Waals surface area contributed by atoms with Gasteiger partial charge in [-0.1, -0.05) is 12.1 Å². The first-order chi connectivity index (χ1) is 7.86. The average Bonchev–Trinajstić information content (AvgIpc) is 2.96. The van der Waals surface area contributed by atoms with Crippen LogP contribution in [0.1, 0.15) is 21.7 Å². The number of fused-ring (bicyclic) bond motifs is 1. The molecular weight excluding hydrogens is 202 g/mol. The van der Waals surface area contributed by atoms with E-state index in [0.29, 0.717) is 5.76 Å². The number of carbonyl (C=O) groups is 1. The normalized spacial score (nSPS) is 13.8. The van der Waals surface area contributed by atoms with Crippen LogP contribution in [0.5, 0.6) is 0 Å². The Labute approximate surface area is 93.1 Å². The molecule has 2 heterocycles. The first-order valence-electron chi connectivity index (χ1n) is 5.25. The lowest BCUT2D eigenvalue weighted by Gasteiger charge is -2.01. The van der Waals surface area contributed by atoms with Gasteiger partial charge in [0.05, 0.1) is 0 Å². The molecule has 1 aliphatic rings. The number of benzene rings is 1. The molecule has 0 bridgehead atoms. The molecule has 0 saturated carbocycles. The van der Waals surface area contributed by atoms with Gasteiger partial charge in [-0.25, -0.2) is 0 Å². The van der Waals surface area contributed by atoms with Crippen molar-refractivity contribution in [1.82, 2.24) is 5.32 Å². The Hall–Kier alpha value is -1.87. The highest BCUT2D eigenvalue weighted by atomic mass is 16.3. The summed E-state index contributed by atoms with van der Waals surface area (Å²) in [4.78, 5) is 10.5. The minimum absolute atomic E-state index is 0.369. The quantitative estimate of drug-likeness (QED) is 0.779. The number of rotatable bonds is 2. The van der Waals surface area contributed by atoms with E-state index in [0.717, 1.165) is 30.7 Å². The van der Waals surface area contributed by atoms with Gasteiger partial charge >= 0.3 is 0 Å². The standard InChI is InChI=1S/C13H11NO2/c15-8-12-3-4-13(16-12)9-1-2-10-6-14-7-11(10)5-9/h1-5,8,14H,6-7H2. The summed E-state index contributed by atoms with van der Waals surface area (Å²) in [5.41, 5.74) is 3.67. The largest absolute Gasteiger partial charge is 0.453 e. The van der Waals surface area contributed by atoms with Crippen LogP contribution in [0.4, 0.5) is 0 Å². The minimum atomic E-state index is 0.369. The van der Waals surface area contributed by atoms with Gasteiger partial charge in [-0.3, -0.25) is 4.79 Å². The van der Waals surface area contributed by atoms with E-state index >= 15 is 0 Å². The maximum absolute atomic E-state index is 10.5. The van der Waals surface area contributed by atoms with Crippen molar-refractivity contribution in [2.75, 3.05) is 0 Å². The van der Waals surface area contributed by atoms with E-state index in [9.17, 15) is 4.79 Å². The SMILES string of the molecule is O=Cc1ccc(-c2ccc3c(c2)CNC3)o1. The predicted octanol–water partition coefficient (Wildman–Crippen LogP) is 2.36. The van der Waals surface area contributed by atoms with E-state index in [4.69, 9.17) is 4.42 Å². The van der Waals surface area contributed by atoms with Crippen LogP contribution >= 0.6 is 0 Å². The molecule has 0 amide bonds. The fraction of sp³-hybridized carbons (Fsp3) is 0.154. The summed E-state index contributed by atoms with van der Waals surface area (Å²) >= 11 is 0. The van der Waals surface area contributed by atoms with Crippen LogP contribution < -0.4 is 5.32 Å². The highest BCUT2D eigenvalue weighted by Crippen LogP contribution is 2.26. The van der Waals surface area contributed by atoms with Crippen molar-refractivity contribution in [1.29, 1.82) is 0 Å². The van der Waals surface area contributed by atoms with E-state index in [1.54, 1.807) is 6.07 Å². The summed E-state index contributed by atoms with van der Waals surface area (Å²) in [5, 5.41) is 3.30. The summed E-state index contributed by atoms with van der Waals surface area (Å²) in [5.74, 6) is 1.12. The number of furan rings is 1. The number of carbonyl (C=O) groups excluding carboxylic acids is 1. The Bertz CT molecular complexity index is 543. The van der Waals surface area contributed by atoms with Crippen LogP contribution in [-0.2, 0) is 13.1 Å². The van der Waals surface area contributed by atoms with Crippen molar-refractivity contribution < 1.29 is 9.21 Å². The van der Waals surface area contributed by atoms with Crippen molar-refractivity contribution in [3.63, 3.8) is 0 Å². The molecule has 0 fully saturated rings. The van der Waals surface area contributed by atoms with Gasteiger partial charge in [0.1, 0.15) is 5.76 Å². The molecule has 0 saturated heterocycles. The van der Waals surface area contributed by atoms with Gasteiger partial charge in [0.2, 0.25) is 0 Å². The van der Waals surface area contributed by atoms with Gasteiger partial charge in [0, 0.05) is 18.7 Å². The van der Waals surface area contributed by atoms with Gasteiger partial charge in [-0.2, -0.15) is 0 Å². The van der Waals surface area contributed by atoms with E-state index < -0.39 is 0 Å². The highest BCUT2D eigenvalue weighted by Gasteiger charge is 2.12. The summed E-state index contributed by atoms with van der Waals surface area (Å²) in [6, 6.07) is 9.76. The third kappa shape index (κ3) is 1.46. The first-order valence-corrected chi connectivity index (χ1v) is 5.25. The summed E-state index contributed by atoms with van der Waals surface area (Å²) in [6.45, 7) is 1.85. The van der Waals surface area contributed by atoms with Gasteiger partial charge in [-0.05, 0) is 29.3 Å². The van der Waals surface area contributed by atoms with Gasteiger partial charge in [-0.15, -0.1) is 0 Å². The molecule has 2 aromatic rings. The smallest absolute Gasteiger partial charge is 0.185 e. The Balaban J connectivity index is 2.03. The predicted molar refractivity (Wildman–Crippen MR) is 60.1 cm³/mol. The molecular formula is C13H11NO2. The molecule has 16 heavy (non-hydrogen) atoms. The first kappa shape index (κ1) is 9.36. The molecule has 1 aromatic carbocycles. The van der Waals surface area contributed by atoms with Crippen molar-refractivity contribution >= 4 is 6.29 Å². The van der Waals surface area contributed by atoms with Crippen molar-refractivity contribution in [3.05, 3.63) is 47.2 Å². The second-order valence-corrected chi connectivity index (χ2v) is 3.91. The van der Waals surface area contributed by atoms with Crippen molar-refractivity contribution in [2.45, 2.75) is 13.1 Å². The lowest BCUT2D eigenvalue weighted by Crippen LogP contribution is -1.99. The number of aldehydes is 1. The summed E-state index contributed by atoms with van der Waals surface area (Å²) in [7, 11) is 0. The lowest BCUT2D eigenvalue weighted by atomic mass is 10.1. The molecule has 0 atom stereocenters. The second kappa shape index (κ2) is 3.61. The van der Waals surface area contributed by atoms with Crippen LogP contribution in [0, 0.1) is 0 Å². The molecule has 0 aliphatic carbocycles. The van der Waals surface area contributed by atoms with Crippen LogP contribution in [0.3, 0.4) is 0 Å². The maximum atomic E-state index is 10.5. The van der Waals surface area contributed by atoms with E-state index in [1.807, 2.05) is 12.1 Å². The Kier molecular flexibility index (Phi) is 2.11. The Morgan fingerprint density at radius 2 is 2.00 bits per heavy atom. The van der Waals surface area contributed by atoms with E-state index in [-0.39, 0.29) is 0 Å². The third-order valence-electron chi connectivity index (χ3n) is 2.86. The molecule has 0 spiro atoms. The van der Waals surface area contributed by atoms with Gasteiger partial charge < -0.3 is 9.73 Å². The molecule has 3 heteroatoms. The monoisotopic (exact) mass is 213 g/mol. The third-order valence-corrected chi connectivity index (χ3v) is 2.86. The average molecular weight is 213 g/mol. The molecule has 3 nitrogen and oxygen atoms in total. The van der Waals surface area contributed by atoms with Crippen LogP contribution in [-0.4, -0.2) is 6.29 Å². The molecule has 3 rings (SSSR count). The van der Waals surface area contributed by atoms with E-state index in [2.05, 4.69) is 17.4 Å². The zero-order chi connectivity index (χ0) is 11.0. The summed E-state index contributed by atoms with van der Waals surface area (Å²) < 4.78 is 5.39.